The molecular formula is C29H34N6O3S. The maximum atomic E-state index is 13.4. The van der Waals surface area contributed by atoms with Crippen LogP contribution in [-0.2, 0) is 4.74 Å². The number of urea groups is 1. The highest BCUT2D eigenvalue weighted by Gasteiger charge is 2.36. The van der Waals surface area contributed by atoms with Gasteiger partial charge in [0.15, 0.2) is 5.13 Å². The molecule has 1 aromatic carbocycles. The van der Waals surface area contributed by atoms with Crippen molar-refractivity contribution >= 4 is 28.6 Å². The summed E-state index contributed by atoms with van der Waals surface area (Å²) in [4.78, 5) is 39.7. The van der Waals surface area contributed by atoms with Gasteiger partial charge in [-0.3, -0.25) is 10.3 Å². The second-order valence-corrected chi connectivity index (χ2v) is 11.9. The number of rotatable bonds is 3. The van der Waals surface area contributed by atoms with Crippen LogP contribution in [0.4, 0.5) is 14.7 Å². The molecule has 1 N–H and O–H groups in total. The van der Waals surface area contributed by atoms with Gasteiger partial charge >= 0.3 is 12.1 Å². The second-order valence-electron chi connectivity index (χ2n) is 10.9. The number of carbonyl (C=O) groups is 2. The summed E-state index contributed by atoms with van der Waals surface area (Å²) in [6, 6.07) is 12.7. The van der Waals surface area contributed by atoms with Gasteiger partial charge in [-0.25, -0.2) is 14.6 Å². The minimum Gasteiger partial charge on any atom is -0.444 e. The van der Waals surface area contributed by atoms with Crippen LogP contribution in [-0.4, -0.2) is 62.7 Å². The first-order valence-electron chi connectivity index (χ1n) is 12.9. The van der Waals surface area contributed by atoms with Crippen LogP contribution in [0.3, 0.4) is 0 Å². The molecule has 1 saturated heterocycles. The van der Waals surface area contributed by atoms with Gasteiger partial charge in [0.2, 0.25) is 0 Å². The SMILES string of the molecule is Cc1cc(-c2sc(NC(=O)N3CC(C)N(C(=O)OC(C)(C)C)CC3C)nc2-c2cccc(C#N)c2)cc(C)n1. The number of anilines is 1. The van der Waals surface area contributed by atoms with Crippen LogP contribution in [0.15, 0.2) is 36.4 Å². The number of benzene rings is 1. The number of aromatic nitrogens is 2. The second kappa shape index (κ2) is 11.0. The molecule has 2 unspecified atom stereocenters. The number of hydrogen-bond acceptors (Lipinski definition) is 7. The smallest absolute Gasteiger partial charge is 0.410 e. The maximum Gasteiger partial charge on any atom is 0.410 e. The molecule has 39 heavy (non-hydrogen) atoms. The van der Waals surface area contributed by atoms with Crippen molar-refractivity contribution in [3.05, 3.63) is 53.3 Å². The van der Waals surface area contributed by atoms with E-state index in [-0.39, 0.29) is 24.2 Å². The van der Waals surface area contributed by atoms with Gasteiger partial charge in [0, 0.05) is 42.1 Å². The third-order valence-electron chi connectivity index (χ3n) is 6.32. The summed E-state index contributed by atoms with van der Waals surface area (Å²) in [5.74, 6) is 0. The molecule has 4 rings (SSSR count). The fourth-order valence-corrected chi connectivity index (χ4v) is 5.58. The summed E-state index contributed by atoms with van der Waals surface area (Å²) in [6.07, 6.45) is -0.376. The Morgan fingerprint density at radius 3 is 2.31 bits per heavy atom. The van der Waals surface area contributed by atoms with E-state index < -0.39 is 5.60 Å². The lowest BCUT2D eigenvalue weighted by Gasteiger charge is -2.43. The number of amides is 3. The first-order valence-corrected chi connectivity index (χ1v) is 13.7. The van der Waals surface area contributed by atoms with E-state index >= 15 is 0 Å². The van der Waals surface area contributed by atoms with Crippen molar-refractivity contribution < 1.29 is 14.3 Å². The molecule has 9 nitrogen and oxygen atoms in total. The van der Waals surface area contributed by atoms with Crippen molar-refractivity contribution in [2.45, 2.75) is 66.2 Å². The Kier molecular flexibility index (Phi) is 7.93. The quantitative estimate of drug-likeness (QED) is 0.417. The lowest BCUT2D eigenvalue weighted by molar-refractivity contribution is -0.00241. The molecule has 3 heterocycles. The number of aryl methyl sites for hydroxylation is 2. The van der Waals surface area contributed by atoms with Crippen LogP contribution in [0.5, 0.6) is 0 Å². The van der Waals surface area contributed by atoms with Gasteiger partial charge in [-0.15, -0.1) is 0 Å². The highest BCUT2D eigenvalue weighted by Crippen LogP contribution is 2.40. The van der Waals surface area contributed by atoms with Gasteiger partial charge < -0.3 is 14.5 Å². The number of hydrogen-bond donors (Lipinski definition) is 1. The van der Waals surface area contributed by atoms with E-state index in [9.17, 15) is 14.9 Å². The molecular weight excluding hydrogens is 512 g/mol. The van der Waals surface area contributed by atoms with Crippen molar-refractivity contribution in [1.29, 1.82) is 5.26 Å². The molecule has 2 aromatic heterocycles. The summed E-state index contributed by atoms with van der Waals surface area (Å²) < 4.78 is 5.56. The highest BCUT2D eigenvalue weighted by molar-refractivity contribution is 7.19. The van der Waals surface area contributed by atoms with Crippen LogP contribution < -0.4 is 5.32 Å². The van der Waals surface area contributed by atoms with Crippen LogP contribution in [0.1, 0.15) is 51.6 Å². The molecule has 1 aliphatic rings. The number of ether oxygens (including phenoxy) is 1. The highest BCUT2D eigenvalue weighted by atomic mass is 32.1. The number of nitriles is 1. The summed E-state index contributed by atoms with van der Waals surface area (Å²) in [6.45, 7) is 14.0. The number of thiazole rings is 1. The lowest BCUT2D eigenvalue weighted by Crippen LogP contribution is -2.60. The molecule has 1 fully saturated rings. The zero-order valence-corrected chi connectivity index (χ0v) is 24.2. The molecule has 0 radical (unpaired) electrons. The van der Waals surface area contributed by atoms with Crippen LogP contribution in [0.25, 0.3) is 21.7 Å². The first kappa shape index (κ1) is 28.0. The van der Waals surface area contributed by atoms with Gasteiger partial charge in [0.1, 0.15) is 5.60 Å². The normalized spacial score (nSPS) is 17.5. The Labute approximate surface area is 233 Å². The van der Waals surface area contributed by atoms with Crippen molar-refractivity contribution in [2.24, 2.45) is 0 Å². The molecule has 204 valence electrons. The maximum absolute atomic E-state index is 13.4. The zero-order valence-electron chi connectivity index (χ0n) is 23.4. The Bertz CT molecular complexity index is 1420. The van der Waals surface area contributed by atoms with Gasteiger partial charge in [-0.05, 0) is 78.3 Å². The molecule has 0 spiro atoms. The molecule has 2 atom stereocenters. The predicted molar refractivity (Wildman–Crippen MR) is 153 cm³/mol. The first-order chi connectivity index (χ1) is 18.3. The van der Waals surface area contributed by atoms with E-state index in [0.29, 0.717) is 29.5 Å². The lowest BCUT2D eigenvalue weighted by atomic mass is 10.0. The third-order valence-corrected chi connectivity index (χ3v) is 7.34. The number of nitrogens with one attached hydrogen (secondary N) is 1. The van der Waals surface area contributed by atoms with Crippen molar-refractivity contribution in [3.8, 4) is 27.8 Å². The van der Waals surface area contributed by atoms with Gasteiger partial charge in [-0.1, -0.05) is 23.5 Å². The predicted octanol–water partition coefficient (Wildman–Crippen LogP) is 6.22. The van der Waals surface area contributed by atoms with E-state index in [1.54, 1.807) is 21.9 Å². The molecule has 1 aliphatic heterocycles. The topological polar surface area (TPSA) is 111 Å². The Morgan fingerprint density at radius 1 is 1.03 bits per heavy atom. The molecule has 10 heteroatoms. The summed E-state index contributed by atoms with van der Waals surface area (Å²) in [7, 11) is 0. The van der Waals surface area contributed by atoms with Crippen LogP contribution >= 0.6 is 11.3 Å². The van der Waals surface area contributed by atoms with Gasteiger partial charge in [0.05, 0.1) is 22.2 Å². The van der Waals surface area contributed by atoms with E-state index in [1.807, 2.05) is 72.7 Å². The Balaban J connectivity index is 1.60. The molecule has 0 saturated carbocycles. The van der Waals surface area contributed by atoms with E-state index in [2.05, 4.69) is 16.4 Å². The number of carbonyl (C=O) groups excluding carboxylic acids is 2. The molecule has 0 aliphatic carbocycles. The van der Waals surface area contributed by atoms with E-state index in [1.165, 1.54) is 11.3 Å². The van der Waals surface area contributed by atoms with Crippen molar-refractivity contribution in [2.75, 3.05) is 18.4 Å². The number of piperazine rings is 1. The summed E-state index contributed by atoms with van der Waals surface area (Å²) in [5, 5.41) is 12.9. The molecule has 0 bridgehead atoms. The number of pyridine rings is 1. The van der Waals surface area contributed by atoms with Gasteiger partial charge in [0.25, 0.3) is 0 Å². The molecule has 3 aromatic rings. The van der Waals surface area contributed by atoms with E-state index in [0.717, 1.165) is 27.4 Å². The van der Waals surface area contributed by atoms with E-state index in [4.69, 9.17) is 9.72 Å². The minimum absolute atomic E-state index is 0.208. The fraction of sp³-hybridized carbons (Fsp3) is 0.414. The summed E-state index contributed by atoms with van der Waals surface area (Å²) in [5.41, 5.74) is 4.13. The zero-order chi connectivity index (χ0) is 28.5. The van der Waals surface area contributed by atoms with Gasteiger partial charge in [-0.2, -0.15) is 5.26 Å². The Morgan fingerprint density at radius 2 is 1.67 bits per heavy atom. The third kappa shape index (κ3) is 6.55. The van der Waals surface area contributed by atoms with Crippen molar-refractivity contribution in [1.82, 2.24) is 19.8 Å². The van der Waals surface area contributed by atoms with Crippen LogP contribution in [0.2, 0.25) is 0 Å². The minimum atomic E-state index is -0.590. The number of nitrogens with zero attached hydrogens (tertiary/aromatic N) is 5. The van der Waals surface area contributed by atoms with Crippen molar-refractivity contribution in [3.63, 3.8) is 0 Å². The standard InChI is InChI=1S/C29H34N6O3S/c1-17-11-23(12-18(2)31-17)25-24(22-10-8-9-21(13-22)14-30)32-26(39-25)33-27(36)34-15-20(4)35(16-19(34)3)28(37)38-29(5,6)7/h8-13,19-20H,15-16H2,1-7H3,(H,32,33,36). The molecule has 3 amide bonds. The summed E-state index contributed by atoms with van der Waals surface area (Å²) >= 11 is 1.38. The fourth-order valence-electron chi connectivity index (χ4n) is 4.61. The average Bonchev–Trinajstić information content (AvgIpc) is 3.27. The average molecular weight is 547 g/mol. The monoisotopic (exact) mass is 546 g/mol. The largest absolute Gasteiger partial charge is 0.444 e. The Hall–Kier alpha value is -3.97. The van der Waals surface area contributed by atoms with Crippen LogP contribution in [0, 0.1) is 25.2 Å².